The van der Waals surface area contributed by atoms with E-state index in [1.165, 1.54) is 0 Å². The molecule has 3 aromatic rings. The number of nitrogens with one attached hydrogen (secondary N) is 1. The second-order valence-electron chi connectivity index (χ2n) is 6.34. The van der Waals surface area contributed by atoms with Crippen molar-refractivity contribution in [3.05, 3.63) is 73.1 Å². The quantitative estimate of drug-likeness (QED) is 0.713. The molecule has 2 aromatic carbocycles. The van der Waals surface area contributed by atoms with Crippen LogP contribution < -0.4 is 10.2 Å². The number of imidazole rings is 1. The van der Waals surface area contributed by atoms with E-state index < -0.39 is 0 Å². The van der Waals surface area contributed by atoms with E-state index in [0.29, 0.717) is 6.54 Å². The Morgan fingerprint density at radius 1 is 1.12 bits per heavy atom. The van der Waals surface area contributed by atoms with E-state index in [1.54, 1.807) is 6.20 Å². The minimum absolute atomic E-state index is 0.0199. The number of amides is 1. The molecule has 0 saturated carbocycles. The Morgan fingerprint density at radius 2 is 1.77 bits per heavy atom. The smallest absolute Gasteiger partial charge is 0.240 e. The lowest BCUT2D eigenvalue weighted by atomic mass is 10.2. The van der Waals surface area contributed by atoms with Crippen molar-refractivity contribution >= 4 is 11.6 Å². The average Bonchev–Trinajstić information content (AvgIpc) is 3.15. The highest BCUT2D eigenvalue weighted by Crippen LogP contribution is 2.16. The predicted molar refractivity (Wildman–Crippen MR) is 105 cm³/mol. The molecule has 0 aliphatic carbocycles. The van der Waals surface area contributed by atoms with E-state index in [1.807, 2.05) is 66.3 Å². The fourth-order valence-electron chi connectivity index (χ4n) is 2.81. The van der Waals surface area contributed by atoms with Gasteiger partial charge in [0.2, 0.25) is 5.91 Å². The summed E-state index contributed by atoms with van der Waals surface area (Å²) in [5.41, 5.74) is 2.14. The Labute approximate surface area is 154 Å². The molecule has 0 bridgehead atoms. The van der Waals surface area contributed by atoms with Gasteiger partial charge in [-0.15, -0.1) is 0 Å². The number of carbonyl (C=O) groups is 1. The van der Waals surface area contributed by atoms with Crippen LogP contribution in [0.1, 0.15) is 6.92 Å². The standard InChI is InChI=1S/C21H24N4O/c1-17(24(2)19-11-7-4-8-12-19)15-23-20(26)16-25-14-13-22-21(25)18-9-5-3-6-10-18/h3-14,17H,15-16H2,1-2H3,(H,23,26)/t17-/m1/s1. The Hall–Kier alpha value is -3.08. The van der Waals surface area contributed by atoms with Crippen LogP contribution in [-0.4, -0.2) is 35.1 Å². The molecule has 26 heavy (non-hydrogen) atoms. The SMILES string of the molecule is C[C@H](CNC(=O)Cn1ccnc1-c1ccccc1)N(C)c1ccccc1. The predicted octanol–water partition coefficient (Wildman–Crippen LogP) is 3.19. The highest BCUT2D eigenvalue weighted by molar-refractivity contribution is 5.76. The van der Waals surface area contributed by atoms with E-state index in [-0.39, 0.29) is 18.5 Å². The number of hydrogen-bond donors (Lipinski definition) is 1. The molecule has 5 nitrogen and oxygen atoms in total. The van der Waals surface area contributed by atoms with E-state index in [4.69, 9.17) is 0 Å². The van der Waals surface area contributed by atoms with Gasteiger partial charge in [-0.2, -0.15) is 0 Å². The van der Waals surface area contributed by atoms with Crippen LogP contribution in [-0.2, 0) is 11.3 Å². The van der Waals surface area contributed by atoms with Gasteiger partial charge >= 0.3 is 0 Å². The van der Waals surface area contributed by atoms with Crippen LogP contribution in [0.5, 0.6) is 0 Å². The van der Waals surface area contributed by atoms with Crippen LogP contribution in [0.25, 0.3) is 11.4 Å². The van der Waals surface area contributed by atoms with Crippen LogP contribution in [0.3, 0.4) is 0 Å². The molecule has 1 aromatic heterocycles. The Balaban J connectivity index is 1.56. The highest BCUT2D eigenvalue weighted by atomic mass is 16.1. The molecule has 0 unspecified atom stereocenters. The molecular weight excluding hydrogens is 324 g/mol. The number of benzene rings is 2. The third-order valence-corrected chi connectivity index (χ3v) is 4.48. The summed E-state index contributed by atoms with van der Waals surface area (Å²) in [6, 6.07) is 20.2. The van der Waals surface area contributed by atoms with Crippen molar-refractivity contribution in [1.82, 2.24) is 14.9 Å². The normalized spacial score (nSPS) is 11.8. The summed E-state index contributed by atoms with van der Waals surface area (Å²) >= 11 is 0. The average molecular weight is 348 g/mol. The van der Waals surface area contributed by atoms with Gasteiger partial charge in [-0.05, 0) is 19.1 Å². The minimum Gasteiger partial charge on any atom is -0.370 e. The molecule has 1 N–H and O–H groups in total. The van der Waals surface area contributed by atoms with Crippen molar-refractivity contribution in [2.45, 2.75) is 19.5 Å². The van der Waals surface area contributed by atoms with Crippen LogP contribution in [0.2, 0.25) is 0 Å². The first-order chi connectivity index (χ1) is 12.6. The molecule has 3 rings (SSSR count). The number of aromatic nitrogens is 2. The third-order valence-electron chi connectivity index (χ3n) is 4.48. The van der Waals surface area contributed by atoms with Crippen molar-refractivity contribution < 1.29 is 4.79 Å². The number of likely N-dealkylation sites (N-methyl/N-ethyl adjacent to an activating group) is 1. The molecule has 0 spiro atoms. The minimum atomic E-state index is -0.0199. The van der Waals surface area contributed by atoms with Gasteiger partial charge in [-0.1, -0.05) is 48.5 Å². The van der Waals surface area contributed by atoms with Crippen LogP contribution in [0.15, 0.2) is 73.1 Å². The first-order valence-electron chi connectivity index (χ1n) is 8.76. The number of rotatable bonds is 7. The fraction of sp³-hybridized carbons (Fsp3) is 0.238. The van der Waals surface area contributed by atoms with Gasteiger partial charge < -0.3 is 14.8 Å². The fourth-order valence-corrected chi connectivity index (χ4v) is 2.81. The third kappa shape index (κ3) is 4.30. The molecule has 1 amide bonds. The summed E-state index contributed by atoms with van der Waals surface area (Å²) in [5, 5.41) is 3.02. The van der Waals surface area contributed by atoms with Crippen molar-refractivity contribution in [3.8, 4) is 11.4 Å². The monoisotopic (exact) mass is 348 g/mol. The van der Waals surface area contributed by atoms with Crippen molar-refractivity contribution in [2.24, 2.45) is 0 Å². The van der Waals surface area contributed by atoms with Gasteiger partial charge in [0.15, 0.2) is 0 Å². The molecule has 1 heterocycles. The first kappa shape index (κ1) is 17.7. The molecule has 5 heteroatoms. The Morgan fingerprint density at radius 3 is 2.46 bits per heavy atom. The molecule has 0 radical (unpaired) electrons. The second kappa shape index (κ2) is 8.34. The second-order valence-corrected chi connectivity index (χ2v) is 6.34. The number of anilines is 1. The molecule has 1 atom stereocenters. The number of nitrogens with zero attached hydrogens (tertiary/aromatic N) is 3. The molecule has 0 aliphatic heterocycles. The van der Waals surface area contributed by atoms with Crippen LogP contribution in [0, 0.1) is 0 Å². The zero-order valence-corrected chi connectivity index (χ0v) is 15.2. The summed E-state index contributed by atoms with van der Waals surface area (Å²) in [4.78, 5) is 18.9. The van der Waals surface area contributed by atoms with Gasteiger partial charge in [0, 0.05) is 43.3 Å². The lowest BCUT2D eigenvalue weighted by Gasteiger charge is -2.27. The first-order valence-corrected chi connectivity index (χ1v) is 8.76. The largest absolute Gasteiger partial charge is 0.370 e. The zero-order chi connectivity index (χ0) is 18.4. The Bertz CT molecular complexity index is 829. The van der Waals surface area contributed by atoms with Crippen LogP contribution in [0.4, 0.5) is 5.69 Å². The molecule has 0 fully saturated rings. The Kier molecular flexibility index (Phi) is 5.69. The zero-order valence-electron chi connectivity index (χ0n) is 15.2. The van der Waals surface area contributed by atoms with Gasteiger partial charge in [0.25, 0.3) is 0 Å². The maximum Gasteiger partial charge on any atom is 0.240 e. The maximum absolute atomic E-state index is 12.4. The van der Waals surface area contributed by atoms with E-state index in [0.717, 1.165) is 17.1 Å². The van der Waals surface area contributed by atoms with E-state index in [2.05, 4.69) is 34.3 Å². The molecule has 0 saturated heterocycles. The lowest BCUT2D eigenvalue weighted by molar-refractivity contribution is -0.121. The highest BCUT2D eigenvalue weighted by Gasteiger charge is 2.13. The summed E-state index contributed by atoms with van der Waals surface area (Å²) in [6.07, 6.45) is 3.56. The lowest BCUT2D eigenvalue weighted by Crippen LogP contribution is -2.41. The summed E-state index contributed by atoms with van der Waals surface area (Å²) in [7, 11) is 2.04. The maximum atomic E-state index is 12.4. The number of hydrogen-bond acceptors (Lipinski definition) is 3. The topological polar surface area (TPSA) is 50.2 Å². The van der Waals surface area contributed by atoms with Gasteiger partial charge in [-0.25, -0.2) is 4.98 Å². The van der Waals surface area contributed by atoms with Gasteiger partial charge in [0.1, 0.15) is 12.4 Å². The molecular formula is C21H24N4O. The summed E-state index contributed by atoms with van der Waals surface area (Å²) in [6.45, 7) is 2.94. The number of carbonyl (C=O) groups excluding carboxylic acids is 1. The molecule has 134 valence electrons. The van der Waals surface area contributed by atoms with Crippen molar-refractivity contribution in [1.29, 1.82) is 0 Å². The van der Waals surface area contributed by atoms with E-state index >= 15 is 0 Å². The molecule has 0 aliphatic rings. The van der Waals surface area contributed by atoms with Gasteiger partial charge in [0.05, 0.1) is 0 Å². The summed E-state index contributed by atoms with van der Waals surface area (Å²) in [5.74, 6) is 0.781. The summed E-state index contributed by atoms with van der Waals surface area (Å²) < 4.78 is 1.87. The van der Waals surface area contributed by atoms with Crippen molar-refractivity contribution in [2.75, 3.05) is 18.5 Å². The van der Waals surface area contributed by atoms with E-state index in [9.17, 15) is 4.79 Å². The van der Waals surface area contributed by atoms with Crippen LogP contribution >= 0.6 is 0 Å². The van der Waals surface area contributed by atoms with Crippen molar-refractivity contribution in [3.63, 3.8) is 0 Å². The van der Waals surface area contributed by atoms with Gasteiger partial charge in [-0.3, -0.25) is 4.79 Å². The number of para-hydroxylation sites is 1.